The number of ether oxygens (including phenoxy) is 1. The van der Waals surface area contributed by atoms with Gasteiger partial charge in [0.2, 0.25) is 5.78 Å². The summed E-state index contributed by atoms with van der Waals surface area (Å²) in [6.45, 7) is 3.71. The SMILES string of the molecule is CC(C)(CCC1(c2cccc(Cl)c2)CCC(n2nc(C(=O)c3ccccc3)ccc2=O)CC1)OC(N)=O. The predicted octanol–water partition coefficient (Wildman–Crippen LogP) is 5.83. The van der Waals surface area contributed by atoms with Crippen molar-refractivity contribution in [2.75, 3.05) is 0 Å². The number of primary amides is 1. The lowest BCUT2D eigenvalue weighted by molar-refractivity contribution is 0.0290. The minimum absolute atomic E-state index is 0.127. The first-order chi connectivity index (χ1) is 17.6. The first-order valence-electron chi connectivity index (χ1n) is 12.5. The molecule has 0 saturated heterocycles. The third kappa shape index (κ3) is 6.28. The van der Waals surface area contributed by atoms with Crippen molar-refractivity contribution in [2.24, 2.45) is 5.73 Å². The average Bonchev–Trinajstić information content (AvgIpc) is 2.88. The number of nitrogens with two attached hydrogens (primary N) is 1. The van der Waals surface area contributed by atoms with Crippen LogP contribution in [0.2, 0.25) is 5.02 Å². The van der Waals surface area contributed by atoms with E-state index < -0.39 is 11.7 Å². The van der Waals surface area contributed by atoms with Gasteiger partial charge in [-0.15, -0.1) is 0 Å². The lowest BCUT2D eigenvalue weighted by Gasteiger charge is -2.42. The summed E-state index contributed by atoms with van der Waals surface area (Å²) in [7, 11) is 0. The Hall–Kier alpha value is -3.45. The summed E-state index contributed by atoms with van der Waals surface area (Å²) in [5.41, 5.74) is 6.05. The molecule has 0 bridgehead atoms. The second kappa shape index (κ2) is 10.9. The number of ketones is 1. The molecule has 1 aliphatic carbocycles. The Kier molecular flexibility index (Phi) is 7.83. The Morgan fingerprint density at radius 1 is 1.08 bits per heavy atom. The highest BCUT2D eigenvalue weighted by Gasteiger charge is 2.39. The van der Waals surface area contributed by atoms with Crippen molar-refractivity contribution in [3.8, 4) is 0 Å². The summed E-state index contributed by atoms with van der Waals surface area (Å²) in [5, 5.41) is 5.15. The van der Waals surface area contributed by atoms with Gasteiger partial charge in [0.1, 0.15) is 11.3 Å². The second-order valence-corrected chi connectivity index (χ2v) is 10.8. The van der Waals surface area contributed by atoms with Crippen LogP contribution in [0.3, 0.4) is 0 Å². The maximum absolute atomic E-state index is 12.9. The molecule has 1 fully saturated rings. The molecule has 4 rings (SSSR count). The molecule has 1 aliphatic rings. The van der Waals surface area contributed by atoms with E-state index in [1.54, 1.807) is 24.3 Å². The van der Waals surface area contributed by atoms with Gasteiger partial charge < -0.3 is 10.5 Å². The number of amides is 1. The van der Waals surface area contributed by atoms with Crippen molar-refractivity contribution in [1.82, 2.24) is 9.78 Å². The molecule has 1 heterocycles. The van der Waals surface area contributed by atoms with Gasteiger partial charge in [0, 0.05) is 16.7 Å². The van der Waals surface area contributed by atoms with E-state index in [2.05, 4.69) is 11.2 Å². The largest absolute Gasteiger partial charge is 0.444 e. The van der Waals surface area contributed by atoms with Crippen molar-refractivity contribution < 1.29 is 14.3 Å². The molecule has 2 N–H and O–H groups in total. The van der Waals surface area contributed by atoms with E-state index in [-0.39, 0.29) is 28.5 Å². The highest BCUT2D eigenvalue weighted by atomic mass is 35.5. The Morgan fingerprint density at radius 2 is 1.78 bits per heavy atom. The first kappa shape index (κ1) is 26.6. The first-order valence-corrected chi connectivity index (χ1v) is 12.9. The summed E-state index contributed by atoms with van der Waals surface area (Å²) in [4.78, 5) is 37.1. The number of benzene rings is 2. The summed E-state index contributed by atoms with van der Waals surface area (Å²) in [6, 6.07) is 19.6. The van der Waals surface area contributed by atoms with Crippen LogP contribution >= 0.6 is 11.6 Å². The number of aromatic nitrogens is 2. The number of rotatable bonds is 8. The van der Waals surface area contributed by atoms with Crippen LogP contribution in [0, 0.1) is 0 Å². The van der Waals surface area contributed by atoms with Crippen LogP contribution in [-0.2, 0) is 10.2 Å². The van der Waals surface area contributed by atoms with Crippen LogP contribution in [0.5, 0.6) is 0 Å². The van der Waals surface area contributed by atoms with E-state index in [1.807, 2.05) is 38.1 Å². The molecule has 8 heteroatoms. The zero-order valence-corrected chi connectivity index (χ0v) is 21.9. The lowest BCUT2D eigenvalue weighted by Crippen LogP contribution is -2.39. The zero-order valence-electron chi connectivity index (χ0n) is 21.2. The van der Waals surface area contributed by atoms with E-state index in [0.29, 0.717) is 29.8 Å². The van der Waals surface area contributed by atoms with Gasteiger partial charge in [-0.2, -0.15) is 5.10 Å². The normalized spacial score (nSPS) is 19.8. The minimum atomic E-state index is -0.791. The summed E-state index contributed by atoms with van der Waals surface area (Å²) >= 11 is 6.35. The quantitative estimate of drug-likeness (QED) is 0.375. The van der Waals surface area contributed by atoms with Gasteiger partial charge in [-0.05, 0) is 81.5 Å². The minimum Gasteiger partial charge on any atom is -0.444 e. The van der Waals surface area contributed by atoms with Crippen molar-refractivity contribution in [3.05, 3.63) is 98.9 Å². The van der Waals surface area contributed by atoms with E-state index in [9.17, 15) is 14.4 Å². The maximum atomic E-state index is 12.9. The highest BCUT2D eigenvalue weighted by molar-refractivity contribution is 6.30. The molecule has 37 heavy (non-hydrogen) atoms. The molecule has 1 aromatic heterocycles. The Balaban J connectivity index is 1.57. The lowest BCUT2D eigenvalue weighted by atomic mass is 9.65. The van der Waals surface area contributed by atoms with E-state index in [1.165, 1.54) is 16.8 Å². The van der Waals surface area contributed by atoms with Crippen molar-refractivity contribution in [1.29, 1.82) is 0 Å². The highest BCUT2D eigenvalue weighted by Crippen LogP contribution is 2.47. The van der Waals surface area contributed by atoms with E-state index in [4.69, 9.17) is 22.1 Å². The fourth-order valence-corrected chi connectivity index (χ4v) is 5.50. The fourth-order valence-electron chi connectivity index (χ4n) is 5.31. The molecular formula is C29H32ClN3O4. The van der Waals surface area contributed by atoms with Crippen LogP contribution in [0.15, 0.2) is 71.5 Å². The van der Waals surface area contributed by atoms with Gasteiger partial charge in [0.05, 0.1) is 6.04 Å². The van der Waals surface area contributed by atoms with Crippen molar-refractivity contribution in [3.63, 3.8) is 0 Å². The molecule has 0 radical (unpaired) electrons. The predicted molar refractivity (Wildman–Crippen MR) is 143 cm³/mol. The number of halogens is 1. The molecule has 1 amide bonds. The Bertz CT molecular complexity index is 1330. The summed E-state index contributed by atoms with van der Waals surface area (Å²) in [6.07, 6.45) is 3.58. The zero-order chi connectivity index (χ0) is 26.6. The Morgan fingerprint density at radius 3 is 2.43 bits per heavy atom. The Labute approximate surface area is 221 Å². The molecule has 1 saturated carbocycles. The van der Waals surface area contributed by atoms with Crippen LogP contribution in [-0.4, -0.2) is 27.3 Å². The molecule has 0 unspecified atom stereocenters. The number of hydrogen-bond acceptors (Lipinski definition) is 5. The maximum Gasteiger partial charge on any atom is 0.405 e. The van der Waals surface area contributed by atoms with Crippen LogP contribution in [0.4, 0.5) is 4.79 Å². The number of carbonyl (C=O) groups is 2. The summed E-state index contributed by atoms with van der Waals surface area (Å²) < 4.78 is 6.81. The monoisotopic (exact) mass is 521 g/mol. The van der Waals surface area contributed by atoms with Gasteiger partial charge >= 0.3 is 6.09 Å². The third-order valence-electron chi connectivity index (χ3n) is 7.37. The number of carbonyl (C=O) groups excluding carboxylic acids is 2. The van der Waals surface area contributed by atoms with Crippen molar-refractivity contribution >= 4 is 23.5 Å². The topological polar surface area (TPSA) is 104 Å². The van der Waals surface area contributed by atoms with Gasteiger partial charge in [0.15, 0.2) is 0 Å². The second-order valence-electron chi connectivity index (χ2n) is 10.4. The molecule has 194 valence electrons. The number of nitrogens with zero attached hydrogens (tertiary/aromatic N) is 2. The van der Waals surface area contributed by atoms with Gasteiger partial charge in [-0.3, -0.25) is 9.59 Å². The third-order valence-corrected chi connectivity index (χ3v) is 7.61. The van der Waals surface area contributed by atoms with Gasteiger partial charge in [-0.1, -0.05) is 54.1 Å². The number of hydrogen-bond donors (Lipinski definition) is 1. The fraction of sp³-hybridized carbons (Fsp3) is 0.379. The van der Waals surface area contributed by atoms with E-state index >= 15 is 0 Å². The van der Waals surface area contributed by atoms with Gasteiger partial charge in [-0.25, -0.2) is 9.48 Å². The molecule has 3 aromatic rings. The molecule has 0 aliphatic heterocycles. The molecule has 0 atom stereocenters. The summed E-state index contributed by atoms with van der Waals surface area (Å²) in [5.74, 6) is -0.213. The average molecular weight is 522 g/mol. The smallest absolute Gasteiger partial charge is 0.405 e. The molecule has 2 aromatic carbocycles. The molecular weight excluding hydrogens is 490 g/mol. The molecule has 0 spiro atoms. The van der Waals surface area contributed by atoms with Gasteiger partial charge in [0.25, 0.3) is 5.56 Å². The van der Waals surface area contributed by atoms with Crippen molar-refractivity contribution in [2.45, 2.75) is 69.4 Å². The van der Waals surface area contributed by atoms with E-state index in [0.717, 1.165) is 24.8 Å². The van der Waals surface area contributed by atoms with Crippen LogP contribution < -0.4 is 11.3 Å². The molecule has 7 nitrogen and oxygen atoms in total. The van der Waals surface area contributed by atoms with Crippen LogP contribution in [0.25, 0.3) is 0 Å². The van der Waals surface area contributed by atoms with Crippen LogP contribution in [0.1, 0.15) is 80.0 Å². The standard InChI is InChI=1S/C29H32ClN3O4/c1-28(2,37-27(31)36)17-18-29(21-9-6-10-22(30)19-21)15-13-23(14-16-29)33-25(34)12-11-24(32-33)26(35)20-7-4-3-5-8-20/h3-12,19,23H,13-18H2,1-2H3,(H2,31,36).